The number of thiocarbonyl (C=S) groups is 1. The van der Waals surface area contributed by atoms with Gasteiger partial charge < -0.3 is 5.32 Å². The molecule has 1 aromatic carbocycles. The van der Waals surface area contributed by atoms with Gasteiger partial charge in [0.15, 0.2) is 4.32 Å². The Balaban J connectivity index is 1.76. The number of hydrazone groups is 1. The van der Waals surface area contributed by atoms with Crippen LogP contribution in [0.3, 0.4) is 0 Å². The van der Waals surface area contributed by atoms with E-state index in [0.717, 1.165) is 5.69 Å². The van der Waals surface area contributed by atoms with E-state index in [1.165, 1.54) is 23.5 Å². The van der Waals surface area contributed by atoms with Crippen molar-refractivity contribution in [1.29, 1.82) is 0 Å². The topological polar surface area (TPSA) is 71.3 Å². The monoisotopic (exact) mass is 423 g/mol. The van der Waals surface area contributed by atoms with Gasteiger partial charge in [-0.3, -0.25) is 14.9 Å². The van der Waals surface area contributed by atoms with Crippen molar-refractivity contribution in [2.45, 2.75) is 26.2 Å². The normalized spacial score (nSPS) is 11.6. The molecule has 0 bridgehead atoms. The van der Waals surface area contributed by atoms with Crippen molar-refractivity contribution < 1.29 is 4.79 Å². The summed E-state index contributed by atoms with van der Waals surface area (Å²) in [7, 11) is 1.77. The minimum atomic E-state index is -0.135. The highest BCUT2D eigenvalue weighted by Crippen LogP contribution is 2.23. The van der Waals surface area contributed by atoms with Crippen LogP contribution >= 0.6 is 35.6 Å². The smallest absolute Gasteiger partial charge is 0.234 e. The first kappa shape index (κ1) is 21.4. The first-order chi connectivity index (χ1) is 12.6. The van der Waals surface area contributed by atoms with E-state index in [0.29, 0.717) is 15.0 Å². The maximum absolute atomic E-state index is 12.1. The lowest BCUT2D eigenvalue weighted by molar-refractivity contribution is -0.113. The van der Waals surface area contributed by atoms with E-state index in [9.17, 15) is 4.79 Å². The van der Waals surface area contributed by atoms with Crippen molar-refractivity contribution in [2.24, 2.45) is 12.1 Å². The molecule has 1 amide bonds. The number of rotatable bonds is 5. The summed E-state index contributed by atoms with van der Waals surface area (Å²) in [6, 6.07) is 7.85. The number of halogens is 1. The zero-order valence-electron chi connectivity index (χ0n) is 15.6. The molecule has 1 heterocycles. The van der Waals surface area contributed by atoms with Gasteiger partial charge in [0.05, 0.1) is 17.0 Å². The largest absolute Gasteiger partial charge is 0.325 e. The maximum atomic E-state index is 12.1. The van der Waals surface area contributed by atoms with Crippen LogP contribution in [-0.2, 0) is 17.3 Å². The Morgan fingerprint density at radius 3 is 2.59 bits per heavy atom. The number of hydrogen-bond acceptors (Lipinski definition) is 5. The molecule has 1 aromatic heterocycles. The zero-order valence-corrected chi connectivity index (χ0v) is 18.0. The summed E-state index contributed by atoms with van der Waals surface area (Å²) in [5, 5.41) is 11.5. The van der Waals surface area contributed by atoms with Crippen LogP contribution in [-0.4, -0.2) is 32.0 Å². The molecule has 0 atom stereocenters. The number of hydrogen-bond donors (Lipinski definition) is 2. The average Bonchev–Trinajstić information content (AvgIpc) is 2.90. The summed E-state index contributed by atoms with van der Waals surface area (Å²) in [4.78, 5) is 12.1. The molecule has 6 nitrogen and oxygen atoms in total. The highest BCUT2D eigenvalue weighted by molar-refractivity contribution is 8.23. The molecule has 0 unspecified atom stereocenters. The quantitative estimate of drug-likeness (QED) is 0.432. The number of carbonyl (C=O) groups excluding carboxylic acids is 1. The van der Waals surface area contributed by atoms with Gasteiger partial charge in [-0.15, -0.1) is 0 Å². The van der Waals surface area contributed by atoms with Gasteiger partial charge in [0.2, 0.25) is 5.91 Å². The van der Waals surface area contributed by atoms with Gasteiger partial charge >= 0.3 is 0 Å². The molecule has 2 N–H and O–H groups in total. The number of aryl methyl sites for hydroxylation is 1. The Morgan fingerprint density at radius 1 is 1.37 bits per heavy atom. The van der Waals surface area contributed by atoms with Gasteiger partial charge in [-0.05, 0) is 23.1 Å². The fraction of sp³-hybridized carbons (Fsp3) is 0.333. The Kier molecular flexibility index (Phi) is 7.41. The molecule has 0 radical (unpaired) electrons. The van der Waals surface area contributed by atoms with Crippen molar-refractivity contribution in [3.8, 4) is 0 Å². The third-order valence-electron chi connectivity index (χ3n) is 3.52. The molecule has 0 aliphatic heterocycles. The molecule has 0 spiro atoms. The van der Waals surface area contributed by atoms with Crippen LogP contribution in [0.2, 0.25) is 5.02 Å². The van der Waals surface area contributed by atoms with E-state index in [4.69, 9.17) is 23.8 Å². The molecule has 27 heavy (non-hydrogen) atoms. The minimum Gasteiger partial charge on any atom is -0.325 e. The lowest BCUT2D eigenvalue weighted by Gasteiger charge is -2.19. The number of amides is 1. The van der Waals surface area contributed by atoms with Crippen LogP contribution in [0.15, 0.2) is 35.6 Å². The van der Waals surface area contributed by atoms with E-state index in [-0.39, 0.29) is 17.1 Å². The Morgan fingerprint density at radius 2 is 2.04 bits per heavy atom. The summed E-state index contributed by atoms with van der Waals surface area (Å²) in [5.74, 6) is 0.0524. The Bertz CT molecular complexity index is 840. The van der Waals surface area contributed by atoms with Crippen LogP contribution in [0, 0.1) is 0 Å². The standard InChI is InChI=1S/C18H22ClN5OS2/c1-18(2,3)12-5-7-13(8-6-12)21-16(25)11-27-17(26)22-20-9-15-14(19)10-24(4)23-15/h5-10H,11H2,1-4H3,(H,21,25)(H,22,26)/b20-9+. The molecule has 0 fully saturated rings. The summed E-state index contributed by atoms with van der Waals surface area (Å²) in [5.41, 5.74) is 5.28. The summed E-state index contributed by atoms with van der Waals surface area (Å²) >= 11 is 12.3. The predicted molar refractivity (Wildman–Crippen MR) is 118 cm³/mol. The van der Waals surface area contributed by atoms with E-state index in [1.54, 1.807) is 17.9 Å². The number of nitrogens with zero attached hydrogens (tertiary/aromatic N) is 3. The number of aromatic nitrogens is 2. The molecule has 0 saturated carbocycles. The number of anilines is 1. The Hall–Kier alpha value is -1.90. The van der Waals surface area contributed by atoms with Crippen LogP contribution < -0.4 is 10.7 Å². The first-order valence-corrected chi connectivity index (χ1v) is 9.97. The van der Waals surface area contributed by atoms with Gasteiger partial charge in [-0.25, -0.2) is 0 Å². The van der Waals surface area contributed by atoms with Gasteiger partial charge in [0, 0.05) is 18.9 Å². The van der Waals surface area contributed by atoms with Crippen LogP contribution in [0.4, 0.5) is 5.69 Å². The van der Waals surface area contributed by atoms with Gasteiger partial charge in [-0.1, -0.05) is 68.5 Å². The zero-order chi connectivity index (χ0) is 20.0. The summed E-state index contributed by atoms with van der Waals surface area (Å²) in [6.07, 6.45) is 3.15. The van der Waals surface area contributed by atoms with Crippen molar-refractivity contribution in [2.75, 3.05) is 11.1 Å². The van der Waals surface area contributed by atoms with Crippen molar-refractivity contribution in [1.82, 2.24) is 15.2 Å². The lowest BCUT2D eigenvalue weighted by Crippen LogP contribution is -2.19. The SMILES string of the molecule is Cn1cc(Cl)c(/C=N/NC(=S)SCC(=O)Nc2ccc(C(C)(C)C)cc2)n1. The fourth-order valence-corrected chi connectivity index (χ4v) is 3.03. The van der Waals surface area contributed by atoms with Gasteiger partial charge in [0.25, 0.3) is 0 Å². The molecule has 9 heteroatoms. The maximum Gasteiger partial charge on any atom is 0.234 e. The molecule has 0 saturated heterocycles. The van der Waals surface area contributed by atoms with Crippen LogP contribution in [0.25, 0.3) is 0 Å². The molecule has 2 aromatic rings. The number of nitrogens with one attached hydrogen (secondary N) is 2. The van der Waals surface area contributed by atoms with Crippen LogP contribution in [0.1, 0.15) is 32.0 Å². The molecule has 2 rings (SSSR count). The average molecular weight is 424 g/mol. The molecule has 144 valence electrons. The Labute approximate surface area is 173 Å². The second kappa shape index (κ2) is 9.34. The highest BCUT2D eigenvalue weighted by Gasteiger charge is 2.13. The third-order valence-corrected chi connectivity index (χ3v) is 5.02. The third kappa shape index (κ3) is 6.97. The highest BCUT2D eigenvalue weighted by atomic mass is 35.5. The van der Waals surface area contributed by atoms with E-state index >= 15 is 0 Å². The van der Waals surface area contributed by atoms with Crippen molar-refractivity contribution in [3.63, 3.8) is 0 Å². The van der Waals surface area contributed by atoms with E-state index in [1.807, 2.05) is 24.3 Å². The predicted octanol–water partition coefficient (Wildman–Crippen LogP) is 3.95. The summed E-state index contributed by atoms with van der Waals surface area (Å²) < 4.78 is 1.98. The number of thioether (sulfide) groups is 1. The minimum absolute atomic E-state index is 0.0796. The fourth-order valence-electron chi connectivity index (χ4n) is 2.12. The van der Waals surface area contributed by atoms with Gasteiger partial charge in [0.1, 0.15) is 5.69 Å². The first-order valence-electron chi connectivity index (χ1n) is 8.20. The van der Waals surface area contributed by atoms with Crippen LogP contribution in [0.5, 0.6) is 0 Å². The van der Waals surface area contributed by atoms with Crippen molar-refractivity contribution >= 4 is 57.7 Å². The van der Waals surface area contributed by atoms with E-state index < -0.39 is 0 Å². The summed E-state index contributed by atoms with van der Waals surface area (Å²) in [6.45, 7) is 6.44. The second-order valence-corrected chi connectivity index (χ2v) is 8.92. The number of carbonyl (C=O) groups is 1. The molecule has 0 aliphatic carbocycles. The lowest BCUT2D eigenvalue weighted by atomic mass is 9.87. The second-order valence-electron chi connectivity index (χ2n) is 6.86. The molecule has 0 aliphatic rings. The van der Waals surface area contributed by atoms with Gasteiger partial charge in [-0.2, -0.15) is 10.2 Å². The van der Waals surface area contributed by atoms with Crippen molar-refractivity contribution in [3.05, 3.63) is 46.7 Å². The molecular weight excluding hydrogens is 402 g/mol. The van der Waals surface area contributed by atoms with E-state index in [2.05, 4.69) is 41.7 Å². The molecular formula is C18H22ClN5OS2. The number of benzene rings is 1.